The maximum absolute atomic E-state index is 5.62. The van der Waals surface area contributed by atoms with Gasteiger partial charge in [0.15, 0.2) is 5.58 Å². The minimum Gasteiger partial charge on any atom is -0.424 e. The predicted molar refractivity (Wildman–Crippen MR) is 63.5 cm³/mol. The van der Waals surface area contributed by atoms with Gasteiger partial charge in [0.25, 0.3) is 6.01 Å². The van der Waals surface area contributed by atoms with Gasteiger partial charge in [0.2, 0.25) is 0 Å². The molecule has 1 fully saturated rings. The molecule has 0 bridgehead atoms. The molecule has 0 amide bonds. The highest BCUT2D eigenvalue weighted by Crippen LogP contribution is 2.19. The molecule has 0 saturated carbocycles. The van der Waals surface area contributed by atoms with Crippen LogP contribution >= 0.6 is 0 Å². The molecular weight excluding hydrogens is 202 g/mol. The number of aromatic nitrogens is 1. The molecule has 1 aromatic carbocycles. The lowest BCUT2D eigenvalue weighted by Crippen LogP contribution is -2.38. The van der Waals surface area contributed by atoms with E-state index in [9.17, 15) is 0 Å². The Balaban J connectivity index is 1.78. The van der Waals surface area contributed by atoms with E-state index in [1.807, 2.05) is 24.3 Å². The molecule has 2 N–H and O–H groups in total. The molecule has 4 heteroatoms. The van der Waals surface area contributed by atoms with Gasteiger partial charge in [-0.15, -0.1) is 0 Å². The Labute approximate surface area is 94.0 Å². The Morgan fingerprint density at radius 3 is 3.12 bits per heavy atom. The third kappa shape index (κ3) is 1.88. The zero-order valence-corrected chi connectivity index (χ0v) is 9.07. The van der Waals surface area contributed by atoms with Crippen LogP contribution in [-0.4, -0.2) is 24.1 Å². The summed E-state index contributed by atoms with van der Waals surface area (Å²) in [6.45, 7) is 2.10. The fraction of sp³-hybridized carbons (Fsp3) is 0.417. The molecule has 84 valence electrons. The van der Waals surface area contributed by atoms with Gasteiger partial charge in [-0.2, -0.15) is 4.98 Å². The molecule has 1 aliphatic rings. The largest absolute Gasteiger partial charge is 0.424 e. The first-order chi connectivity index (χ1) is 7.92. The van der Waals surface area contributed by atoms with Crippen molar-refractivity contribution >= 4 is 17.1 Å². The lowest BCUT2D eigenvalue weighted by Gasteiger charge is -2.22. The predicted octanol–water partition coefficient (Wildman–Crippen LogP) is 1.99. The van der Waals surface area contributed by atoms with Crippen LogP contribution in [-0.2, 0) is 0 Å². The van der Waals surface area contributed by atoms with Gasteiger partial charge in [-0.25, -0.2) is 0 Å². The van der Waals surface area contributed by atoms with E-state index in [2.05, 4.69) is 15.6 Å². The summed E-state index contributed by atoms with van der Waals surface area (Å²) >= 11 is 0. The van der Waals surface area contributed by atoms with Gasteiger partial charge in [-0.05, 0) is 31.5 Å². The van der Waals surface area contributed by atoms with Crippen LogP contribution in [0, 0.1) is 0 Å². The van der Waals surface area contributed by atoms with Crippen LogP contribution in [0.2, 0.25) is 0 Å². The van der Waals surface area contributed by atoms with Crippen molar-refractivity contribution in [3.8, 4) is 0 Å². The fourth-order valence-electron chi connectivity index (χ4n) is 2.08. The quantitative estimate of drug-likeness (QED) is 0.807. The molecular formula is C12H15N3O. The Hall–Kier alpha value is -1.55. The zero-order valence-electron chi connectivity index (χ0n) is 9.07. The van der Waals surface area contributed by atoms with E-state index in [1.165, 1.54) is 12.8 Å². The van der Waals surface area contributed by atoms with Crippen LogP contribution in [0.5, 0.6) is 0 Å². The molecule has 1 aliphatic heterocycles. The summed E-state index contributed by atoms with van der Waals surface area (Å²) < 4.78 is 5.62. The summed E-state index contributed by atoms with van der Waals surface area (Å²) in [5.41, 5.74) is 1.75. The Morgan fingerprint density at radius 1 is 1.38 bits per heavy atom. The number of anilines is 1. The van der Waals surface area contributed by atoms with Crippen molar-refractivity contribution in [3.63, 3.8) is 0 Å². The lowest BCUT2D eigenvalue weighted by atomic mass is 10.1. The third-order valence-corrected chi connectivity index (χ3v) is 2.92. The van der Waals surface area contributed by atoms with E-state index in [0.717, 1.165) is 24.2 Å². The maximum Gasteiger partial charge on any atom is 0.295 e. The summed E-state index contributed by atoms with van der Waals surface area (Å²) in [5.74, 6) is 0. The van der Waals surface area contributed by atoms with Crippen molar-refractivity contribution < 1.29 is 4.42 Å². The molecule has 0 radical (unpaired) electrons. The number of fused-ring (bicyclic) bond motifs is 1. The third-order valence-electron chi connectivity index (χ3n) is 2.92. The zero-order chi connectivity index (χ0) is 10.8. The van der Waals surface area contributed by atoms with Crippen molar-refractivity contribution in [1.82, 2.24) is 10.3 Å². The summed E-state index contributed by atoms with van der Waals surface area (Å²) in [7, 11) is 0. The second kappa shape index (κ2) is 4.14. The first-order valence-corrected chi connectivity index (χ1v) is 5.75. The van der Waals surface area contributed by atoms with E-state index in [0.29, 0.717) is 12.1 Å². The lowest BCUT2D eigenvalue weighted by molar-refractivity contribution is 0.467. The highest BCUT2D eigenvalue weighted by Gasteiger charge is 2.15. The summed E-state index contributed by atoms with van der Waals surface area (Å²) in [5, 5.41) is 6.69. The van der Waals surface area contributed by atoms with Gasteiger partial charge in [-0.3, -0.25) is 0 Å². The van der Waals surface area contributed by atoms with Gasteiger partial charge in [0.1, 0.15) is 5.52 Å². The van der Waals surface area contributed by atoms with Crippen molar-refractivity contribution in [3.05, 3.63) is 24.3 Å². The molecule has 0 spiro atoms. The second-order valence-corrected chi connectivity index (χ2v) is 4.17. The number of hydrogen-bond acceptors (Lipinski definition) is 4. The SMILES string of the molecule is c1ccc2oc(N[C@@H]3CCCNC3)nc2c1. The number of para-hydroxylation sites is 2. The first kappa shape index (κ1) is 9.66. The molecule has 4 nitrogen and oxygen atoms in total. The van der Waals surface area contributed by atoms with Crippen LogP contribution in [0.25, 0.3) is 11.1 Å². The number of benzene rings is 1. The maximum atomic E-state index is 5.62. The molecule has 16 heavy (non-hydrogen) atoms. The molecule has 1 atom stereocenters. The van der Waals surface area contributed by atoms with Crippen molar-refractivity contribution in [2.45, 2.75) is 18.9 Å². The standard InChI is InChI=1S/C12H15N3O/c1-2-6-11-10(5-1)15-12(16-11)14-9-4-3-7-13-8-9/h1-2,5-6,9,13H,3-4,7-8H2,(H,14,15)/t9-/m1/s1. The highest BCUT2D eigenvalue weighted by molar-refractivity contribution is 5.74. The minimum absolute atomic E-state index is 0.432. The van der Waals surface area contributed by atoms with Gasteiger partial charge >= 0.3 is 0 Å². The topological polar surface area (TPSA) is 50.1 Å². The van der Waals surface area contributed by atoms with Crippen molar-refractivity contribution in [2.75, 3.05) is 18.4 Å². The van der Waals surface area contributed by atoms with Gasteiger partial charge in [-0.1, -0.05) is 12.1 Å². The normalized spacial score (nSPS) is 21.1. The highest BCUT2D eigenvalue weighted by atomic mass is 16.4. The average Bonchev–Trinajstić information content (AvgIpc) is 2.72. The number of oxazole rings is 1. The summed E-state index contributed by atoms with van der Waals surface area (Å²) in [6, 6.07) is 8.89. The van der Waals surface area contributed by atoms with Crippen LogP contribution in [0.4, 0.5) is 6.01 Å². The fourth-order valence-corrected chi connectivity index (χ4v) is 2.08. The number of nitrogens with one attached hydrogen (secondary N) is 2. The summed E-state index contributed by atoms with van der Waals surface area (Å²) in [4.78, 5) is 4.40. The van der Waals surface area contributed by atoms with Crippen molar-refractivity contribution in [2.24, 2.45) is 0 Å². The molecule has 2 heterocycles. The van der Waals surface area contributed by atoms with Gasteiger partial charge < -0.3 is 15.1 Å². The number of hydrogen-bond donors (Lipinski definition) is 2. The van der Waals surface area contributed by atoms with Crippen LogP contribution in [0.3, 0.4) is 0 Å². The van der Waals surface area contributed by atoms with Crippen LogP contribution in [0.1, 0.15) is 12.8 Å². The Morgan fingerprint density at radius 2 is 2.31 bits per heavy atom. The Kier molecular flexibility index (Phi) is 2.50. The van der Waals surface area contributed by atoms with E-state index in [1.54, 1.807) is 0 Å². The van der Waals surface area contributed by atoms with E-state index >= 15 is 0 Å². The molecule has 2 aromatic rings. The molecule has 1 aromatic heterocycles. The number of rotatable bonds is 2. The molecule has 0 unspecified atom stereocenters. The first-order valence-electron chi connectivity index (χ1n) is 5.75. The van der Waals surface area contributed by atoms with Gasteiger partial charge in [0, 0.05) is 12.6 Å². The van der Waals surface area contributed by atoms with Crippen LogP contribution < -0.4 is 10.6 Å². The molecule has 3 rings (SSSR count). The van der Waals surface area contributed by atoms with Crippen LogP contribution in [0.15, 0.2) is 28.7 Å². The van der Waals surface area contributed by atoms with Crippen molar-refractivity contribution in [1.29, 1.82) is 0 Å². The smallest absolute Gasteiger partial charge is 0.295 e. The summed E-state index contributed by atoms with van der Waals surface area (Å²) in [6.07, 6.45) is 2.38. The van der Waals surface area contributed by atoms with E-state index in [4.69, 9.17) is 4.42 Å². The Bertz CT molecular complexity index is 441. The average molecular weight is 217 g/mol. The van der Waals surface area contributed by atoms with Gasteiger partial charge in [0.05, 0.1) is 0 Å². The number of nitrogens with zero attached hydrogens (tertiary/aromatic N) is 1. The monoisotopic (exact) mass is 217 g/mol. The van der Waals surface area contributed by atoms with E-state index < -0.39 is 0 Å². The minimum atomic E-state index is 0.432. The molecule has 0 aliphatic carbocycles. The number of piperidine rings is 1. The second-order valence-electron chi connectivity index (χ2n) is 4.17. The molecule has 1 saturated heterocycles. The van der Waals surface area contributed by atoms with E-state index in [-0.39, 0.29) is 0 Å².